The molecule has 0 bridgehead atoms. The third kappa shape index (κ3) is 2.60. The molecule has 1 aliphatic carbocycles. The third-order valence-corrected chi connectivity index (χ3v) is 4.46. The van der Waals surface area contributed by atoms with E-state index in [1.54, 1.807) is 23.7 Å². The molecule has 5 nitrogen and oxygen atoms in total. The van der Waals surface area contributed by atoms with Crippen molar-refractivity contribution in [3.8, 4) is 0 Å². The van der Waals surface area contributed by atoms with Gasteiger partial charge in [0.1, 0.15) is 16.9 Å². The Bertz CT molecular complexity index is 588. The Balaban J connectivity index is 1.77. The number of nitrogens with zero attached hydrogens (tertiary/aromatic N) is 4. The number of carbonyl (C=O) groups excluding carboxylic acids is 1. The van der Waals surface area contributed by atoms with Crippen molar-refractivity contribution >= 4 is 17.2 Å². The zero-order chi connectivity index (χ0) is 14.1. The summed E-state index contributed by atoms with van der Waals surface area (Å²) >= 11 is 1.60. The fourth-order valence-electron chi connectivity index (χ4n) is 2.41. The van der Waals surface area contributed by atoms with Gasteiger partial charge < -0.3 is 9.47 Å². The monoisotopic (exact) mass is 290 g/mol. The maximum atomic E-state index is 12.8. The van der Waals surface area contributed by atoms with E-state index in [0.29, 0.717) is 12.6 Å². The quantitative estimate of drug-likeness (QED) is 0.849. The summed E-state index contributed by atoms with van der Waals surface area (Å²) < 4.78 is 1.93. The molecule has 106 valence electrons. The van der Waals surface area contributed by atoms with Crippen molar-refractivity contribution in [1.29, 1.82) is 0 Å². The van der Waals surface area contributed by atoms with Crippen molar-refractivity contribution in [2.45, 2.75) is 45.3 Å². The predicted octanol–water partition coefficient (Wildman–Crippen LogP) is 2.40. The van der Waals surface area contributed by atoms with Crippen LogP contribution in [0, 0.1) is 6.92 Å². The van der Waals surface area contributed by atoms with Gasteiger partial charge in [-0.1, -0.05) is 0 Å². The number of thiazole rings is 1. The van der Waals surface area contributed by atoms with Crippen molar-refractivity contribution in [3.05, 3.63) is 34.8 Å². The van der Waals surface area contributed by atoms with Crippen LogP contribution in [0.1, 0.15) is 36.6 Å². The van der Waals surface area contributed by atoms with Gasteiger partial charge in [-0.15, -0.1) is 11.3 Å². The maximum absolute atomic E-state index is 12.8. The second-order valence-electron chi connectivity index (χ2n) is 5.18. The van der Waals surface area contributed by atoms with Gasteiger partial charge in [-0.05, 0) is 26.7 Å². The van der Waals surface area contributed by atoms with Crippen LogP contribution in [0.4, 0.5) is 0 Å². The first kappa shape index (κ1) is 13.3. The molecular weight excluding hydrogens is 272 g/mol. The van der Waals surface area contributed by atoms with Gasteiger partial charge in [0.05, 0.1) is 6.54 Å². The zero-order valence-electron chi connectivity index (χ0n) is 11.7. The standard InChI is InChI=1S/C14H18N4OS/c1-10(17-7-5-15-11(17)2)14(19)18(12-3-4-12)9-13-16-6-8-20-13/h5-8,10,12H,3-4,9H2,1-2H3. The molecule has 3 rings (SSSR count). The summed E-state index contributed by atoms with van der Waals surface area (Å²) in [6, 6.07) is 0.177. The highest BCUT2D eigenvalue weighted by molar-refractivity contribution is 7.09. The average Bonchev–Trinajstić information content (AvgIpc) is 2.97. The van der Waals surface area contributed by atoms with Gasteiger partial charge in [0.15, 0.2) is 0 Å². The lowest BCUT2D eigenvalue weighted by Crippen LogP contribution is -2.37. The van der Waals surface area contributed by atoms with E-state index in [2.05, 4.69) is 9.97 Å². The minimum absolute atomic E-state index is 0.156. The topological polar surface area (TPSA) is 51.0 Å². The second kappa shape index (κ2) is 5.36. The van der Waals surface area contributed by atoms with E-state index in [1.807, 2.05) is 34.9 Å². The van der Waals surface area contributed by atoms with Gasteiger partial charge in [-0.25, -0.2) is 9.97 Å². The van der Waals surface area contributed by atoms with E-state index in [0.717, 1.165) is 23.7 Å². The SMILES string of the molecule is Cc1nccn1C(C)C(=O)N(Cc1nccs1)C1CC1. The van der Waals surface area contributed by atoms with Crippen molar-refractivity contribution in [2.24, 2.45) is 0 Å². The van der Waals surface area contributed by atoms with E-state index >= 15 is 0 Å². The number of aryl methyl sites for hydroxylation is 1. The summed E-state index contributed by atoms with van der Waals surface area (Å²) in [5.41, 5.74) is 0. The van der Waals surface area contributed by atoms with Crippen LogP contribution in [0.15, 0.2) is 24.0 Å². The van der Waals surface area contributed by atoms with Crippen molar-refractivity contribution in [3.63, 3.8) is 0 Å². The van der Waals surface area contributed by atoms with Gasteiger partial charge in [0, 0.05) is 30.0 Å². The molecule has 1 fully saturated rings. The summed E-state index contributed by atoms with van der Waals surface area (Å²) in [7, 11) is 0. The molecule has 2 aromatic heterocycles. The summed E-state index contributed by atoms with van der Waals surface area (Å²) in [5.74, 6) is 1.03. The van der Waals surface area contributed by atoms with E-state index in [1.165, 1.54) is 0 Å². The van der Waals surface area contributed by atoms with Crippen LogP contribution in [0.5, 0.6) is 0 Å². The van der Waals surface area contributed by atoms with Crippen LogP contribution in [0.3, 0.4) is 0 Å². The highest BCUT2D eigenvalue weighted by Gasteiger charge is 2.35. The van der Waals surface area contributed by atoms with Crippen LogP contribution in [0.2, 0.25) is 0 Å². The van der Waals surface area contributed by atoms with E-state index in [4.69, 9.17) is 0 Å². The molecule has 20 heavy (non-hydrogen) atoms. The molecule has 2 aromatic rings. The molecule has 0 N–H and O–H groups in total. The molecule has 1 atom stereocenters. The van der Waals surface area contributed by atoms with Crippen LogP contribution in [-0.4, -0.2) is 31.4 Å². The summed E-state index contributed by atoms with van der Waals surface area (Å²) in [5, 5.41) is 2.95. The molecule has 1 saturated carbocycles. The van der Waals surface area contributed by atoms with Gasteiger partial charge in [-0.2, -0.15) is 0 Å². The number of hydrogen-bond acceptors (Lipinski definition) is 4. The lowest BCUT2D eigenvalue weighted by atomic mass is 10.2. The average molecular weight is 290 g/mol. The van der Waals surface area contributed by atoms with Crippen LogP contribution < -0.4 is 0 Å². The molecule has 6 heteroatoms. The molecule has 1 amide bonds. The Labute approximate surface area is 122 Å². The molecule has 1 unspecified atom stereocenters. The van der Waals surface area contributed by atoms with E-state index in [-0.39, 0.29) is 11.9 Å². The van der Waals surface area contributed by atoms with Crippen LogP contribution in [0.25, 0.3) is 0 Å². The van der Waals surface area contributed by atoms with Gasteiger partial charge in [0.25, 0.3) is 0 Å². The van der Waals surface area contributed by atoms with E-state index < -0.39 is 0 Å². The Morgan fingerprint density at radius 1 is 1.50 bits per heavy atom. The number of carbonyl (C=O) groups is 1. The highest BCUT2D eigenvalue weighted by atomic mass is 32.1. The molecule has 0 saturated heterocycles. The maximum Gasteiger partial charge on any atom is 0.246 e. The first-order chi connectivity index (χ1) is 9.66. The molecule has 1 aliphatic rings. The van der Waals surface area contributed by atoms with Crippen LogP contribution in [-0.2, 0) is 11.3 Å². The Morgan fingerprint density at radius 2 is 2.30 bits per heavy atom. The fraction of sp³-hybridized carbons (Fsp3) is 0.500. The van der Waals surface area contributed by atoms with Gasteiger partial charge in [0.2, 0.25) is 5.91 Å². The molecule has 2 heterocycles. The van der Waals surface area contributed by atoms with Crippen molar-refractivity contribution in [2.75, 3.05) is 0 Å². The third-order valence-electron chi connectivity index (χ3n) is 3.70. The largest absolute Gasteiger partial charge is 0.331 e. The Kier molecular flexibility index (Phi) is 3.56. The first-order valence-electron chi connectivity index (χ1n) is 6.85. The number of amides is 1. The second-order valence-corrected chi connectivity index (χ2v) is 6.16. The number of rotatable bonds is 5. The normalized spacial score (nSPS) is 16.1. The molecule has 0 radical (unpaired) electrons. The highest BCUT2D eigenvalue weighted by Crippen LogP contribution is 2.31. The Morgan fingerprint density at radius 3 is 2.85 bits per heavy atom. The molecule has 0 spiro atoms. The minimum atomic E-state index is -0.210. The molecular formula is C14H18N4OS. The van der Waals surface area contributed by atoms with Crippen LogP contribution >= 0.6 is 11.3 Å². The molecule has 0 aliphatic heterocycles. The smallest absolute Gasteiger partial charge is 0.246 e. The predicted molar refractivity (Wildman–Crippen MR) is 77.4 cm³/mol. The lowest BCUT2D eigenvalue weighted by Gasteiger charge is -2.26. The lowest BCUT2D eigenvalue weighted by molar-refractivity contribution is -0.135. The number of aromatic nitrogens is 3. The fourth-order valence-corrected chi connectivity index (χ4v) is 3.02. The minimum Gasteiger partial charge on any atom is -0.331 e. The first-order valence-corrected chi connectivity index (χ1v) is 7.73. The number of hydrogen-bond donors (Lipinski definition) is 0. The van der Waals surface area contributed by atoms with Crippen molar-refractivity contribution < 1.29 is 4.79 Å². The van der Waals surface area contributed by atoms with Crippen molar-refractivity contribution in [1.82, 2.24) is 19.4 Å². The number of imidazole rings is 1. The van der Waals surface area contributed by atoms with E-state index in [9.17, 15) is 4.79 Å². The van der Waals surface area contributed by atoms with Gasteiger partial charge >= 0.3 is 0 Å². The summed E-state index contributed by atoms with van der Waals surface area (Å²) in [6.45, 7) is 4.49. The summed E-state index contributed by atoms with van der Waals surface area (Å²) in [6.07, 6.45) is 7.60. The Hall–Kier alpha value is -1.69. The summed E-state index contributed by atoms with van der Waals surface area (Å²) in [4.78, 5) is 23.2. The zero-order valence-corrected chi connectivity index (χ0v) is 12.5. The van der Waals surface area contributed by atoms with Gasteiger partial charge in [-0.3, -0.25) is 4.79 Å². The molecule has 0 aromatic carbocycles.